The van der Waals surface area contributed by atoms with Crippen LogP contribution in [0.3, 0.4) is 0 Å². The van der Waals surface area contributed by atoms with E-state index in [0.717, 1.165) is 4.90 Å². The molecule has 4 amide bonds. The van der Waals surface area contributed by atoms with Crippen molar-refractivity contribution in [2.24, 2.45) is 0 Å². The van der Waals surface area contributed by atoms with Crippen LogP contribution in [0.4, 0.5) is 10.5 Å². The summed E-state index contributed by atoms with van der Waals surface area (Å²) in [6, 6.07) is 14.6. The fourth-order valence-electron chi connectivity index (χ4n) is 3.23. The van der Waals surface area contributed by atoms with E-state index in [9.17, 15) is 22.8 Å². The minimum atomic E-state index is -4.19. The average Bonchev–Trinajstić information content (AvgIpc) is 2.84. The molecule has 3 aromatic carbocycles. The quantitative estimate of drug-likeness (QED) is 0.275. The Morgan fingerprint density at radius 3 is 2.19 bits per heavy atom. The number of barbiturate groups is 1. The van der Waals surface area contributed by atoms with Crippen LogP contribution in [0, 0.1) is 0 Å². The predicted molar refractivity (Wildman–Crippen MR) is 133 cm³/mol. The Kier molecular flexibility index (Phi) is 7.02. The molecule has 0 aliphatic carbocycles. The van der Waals surface area contributed by atoms with Gasteiger partial charge >= 0.3 is 16.1 Å². The molecule has 0 spiro atoms. The van der Waals surface area contributed by atoms with Crippen molar-refractivity contribution >= 4 is 62.9 Å². The Bertz CT molecular complexity index is 1500. The van der Waals surface area contributed by atoms with Crippen molar-refractivity contribution in [2.75, 3.05) is 12.0 Å². The number of nitrogens with zero attached hydrogens (tertiary/aromatic N) is 1. The second-order valence-corrected chi connectivity index (χ2v) is 9.73. The van der Waals surface area contributed by atoms with Crippen LogP contribution in [0.25, 0.3) is 6.08 Å². The lowest BCUT2D eigenvalue weighted by Gasteiger charge is -2.26. The first kappa shape index (κ1) is 25.2. The molecule has 1 saturated heterocycles. The zero-order valence-corrected chi connectivity index (χ0v) is 20.7. The number of methoxy groups -OCH3 is 1. The number of nitrogens with one attached hydrogen (secondary N) is 1. The normalized spacial score (nSPS) is 15.1. The summed E-state index contributed by atoms with van der Waals surface area (Å²) in [5.74, 6) is -1.39. The molecule has 0 radical (unpaired) electrons. The Morgan fingerprint density at radius 2 is 1.58 bits per heavy atom. The summed E-state index contributed by atoms with van der Waals surface area (Å²) in [6.07, 6.45) is 1.23. The number of hydrogen-bond acceptors (Lipinski definition) is 7. The van der Waals surface area contributed by atoms with Crippen molar-refractivity contribution in [3.63, 3.8) is 0 Å². The lowest BCUT2D eigenvalue weighted by Crippen LogP contribution is -2.54. The molecular formula is C24H16Cl2N2O7S. The number of urea groups is 1. The van der Waals surface area contributed by atoms with E-state index in [0.29, 0.717) is 16.3 Å². The SMILES string of the molecule is COc1ccc(N2C(=O)NC(=O)/C(=C\c3ccc(OS(=O)(=O)c4ccc(Cl)cc4)c(Cl)c3)C2=O)cc1. The molecule has 0 bridgehead atoms. The van der Waals surface area contributed by atoms with Crippen LogP contribution in [0.1, 0.15) is 5.56 Å². The Labute approximate surface area is 216 Å². The van der Waals surface area contributed by atoms with Gasteiger partial charge in [0, 0.05) is 5.02 Å². The molecule has 1 fully saturated rings. The van der Waals surface area contributed by atoms with Gasteiger partial charge in [0.15, 0.2) is 5.75 Å². The molecule has 9 nitrogen and oxygen atoms in total. The largest absolute Gasteiger partial charge is 0.497 e. The minimum Gasteiger partial charge on any atom is -0.497 e. The van der Waals surface area contributed by atoms with E-state index in [1.165, 1.54) is 67.8 Å². The molecule has 1 heterocycles. The van der Waals surface area contributed by atoms with E-state index in [1.54, 1.807) is 12.1 Å². The molecule has 1 aliphatic heterocycles. The molecule has 0 saturated carbocycles. The van der Waals surface area contributed by atoms with Crippen LogP contribution in [0.2, 0.25) is 10.0 Å². The number of rotatable bonds is 6. The summed E-state index contributed by atoms with van der Waals surface area (Å²) in [6.45, 7) is 0. The van der Waals surface area contributed by atoms with E-state index in [2.05, 4.69) is 5.32 Å². The molecule has 0 aromatic heterocycles. The van der Waals surface area contributed by atoms with Gasteiger partial charge in [-0.25, -0.2) is 9.69 Å². The monoisotopic (exact) mass is 546 g/mol. The molecule has 36 heavy (non-hydrogen) atoms. The van der Waals surface area contributed by atoms with Crippen LogP contribution in [-0.4, -0.2) is 33.4 Å². The lowest BCUT2D eigenvalue weighted by molar-refractivity contribution is -0.122. The van der Waals surface area contributed by atoms with E-state index < -0.39 is 28.0 Å². The topological polar surface area (TPSA) is 119 Å². The van der Waals surface area contributed by atoms with Gasteiger partial charge in [0.25, 0.3) is 11.8 Å². The van der Waals surface area contributed by atoms with Crippen LogP contribution in [-0.2, 0) is 19.7 Å². The molecular weight excluding hydrogens is 531 g/mol. The third-order valence-electron chi connectivity index (χ3n) is 5.00. The molecule has 4 rings (SSSR count). The fourth-order valence-corrected chi connectivity index (χ4v) is 4.58. The number of carbonyl (C=O) groups excluding carboxylic acids is 3. The number of carbonyl (C=O) groups is 3. The standard InChI is InChI=1S/C24H16Cl2N2O7S/c1-34-17-7-5-16(6-8-17)28-23(30)19(22(29)27-24(28)31)12-14-2-11-21(20(26)13-14)35-36(32,33)18-9-3-15(25)4-10-18/h2-13H,1H3,(H,27,29,31)/b19-12+. The van der Waals surface area contributed by atoms with Gasteiger partial charge in [0.05, 0.1) is 17.8 Å². The number of ether oxygens (including phenoxy) is 1. The third-order valence-corrected chi connectivity index (χ3v) is 6.80. The summed E-state index contributed by atoms with van der Waals surface area (Å²) in [5, 5.41) is 2.39. The summed E-state index contributed by atoms with van der Waals surface area (Å²) in [4.78, 5) is 38.5. The molecule has 184 valence electrons. The van der Waals surface area contributed by atoms with Crippen LogP contribution < -0.4 is 19.1 Å². The van der Waals surface area contributed by atoms with Gasteiger partial charge in [-0.05, 0) is 72.3 Å². The highest BCUT2D eigenvalue weighted by Crippen LogP contribution is 2.30. The van der Waals surface area contributed by atoms with Crippen molar-refractivity contribution in [3.8, 4) is 11.5 Å². The minimum absolute atomic E-state index is 0.0892. The second kappa shape index (κ2) is 10.0. The van der Waals surface area contributed by atoms with Gasteiger partial charge in [0.2, 0.25) is 0 Å². The van der Waals surface area contributed by atoms with Crippen molar-refractivity contribution in [1.82, 2.24) is 5.32 Å². The number of benzene rings is 3. The van der Waals surface area contributed by atoms with Gasteiger partial charge in [-0.15, -0.1) is 0 Å². The molecule has 0 atom stereocenters. The zero-order chi connectivity index (χ0) is 26.0. The number of amides is 4. The summed E-state index contributed by atoms with van der Waals surface area (Å²) in [5.41, 5.74) is 0.189. The Morgan fingerprint density at radius 1 is 0.917 bits per heavy atom. The first-order valence-electron chi connectivity index (χ1n) is 10.1. The lowest BCUT2D eigenvalue weighted by atomic mass is 10.1. The van der Waals surface area contributed by atoms with Crippen LogP contribution in [0.5, 0.6) is 11.5 Å². The molecule has 1 aliphatic rings. The van der Waals surface area contributed by atoms with Gasteiger partial charge in [-0.3, -0.25) is 14.9 Å². The second-order valence-electron chi connectivity index (χ2n) is 7.34. The number of imide groups is 2. The first-order valence-corrected chi connectivity index (χ1v) is 12.3. The first-order chi connectivity index (χ1) is 17.1. The summed E-state index contributed by atoms with van der Waals surface area (Å²) < 4.78 is 35.2. The highest BCUT2D eigenvalue weighted by molar-refractivity contribution is 7.87. The average molecular weight is 547 g/mol. The molecule has 3 aromatic rings. The van der Waals surface area contributed by atoms with Crippen LogP contribution in [0.15, 0.2) is 77.2 Å². The highest BCUT2D eigenvalue weighted by Gasteiger charge is 2.36. The predicted octanol–water partition coefficient (Wildman–Crippen LogP) is 4.44. The van der Waals surface area contributed by atoms with Crippen molar-refractivity contribution in [2.45, 2.75) is 4.90 Å². The van der Waals surface area contributed by atoms with Gasteiger partial charge in [0.1, 0.15) is 16.2 Å². The molecule has 0 unspecified atom stereocenters. The maximum atomic E-state index is 13.0. The maximum Gasteiger partial charge on any atom is 0.339 e. The van der Waals surface area contributed by atoms with Gasteiger partial charge < -0.3 is 8.92 Å². The van der Waals surface area contributed by atoms with E-state index in [4.69, 9.17) is 32.1 Å². The number of halogens is 2. The van der Waals surface area contributed by atoms with Gasteiger partial charge in [-0.2, -0.15) is 8.42 Å². The molecule has 1 N–H and O–H groups in total. The van der Waals surface area contributed by atoms with Crippen molar-refractivity contribution in [3.05, 3.63) is 87.9 Å². The van der Waals surface area contributed by atoms with Gasteiger partial charge in [-0.1, -0.05) is 29.3 Å². The summed E-state index contributed by atoms with van der Waals surface area (Å²) >= 11 is 12.0. The smallest absolute Gasteiger partial charge is 0.339 e. The third kappa shape index (κ3) is 5.20. The number of anilines is 1. The Balaban J connectivity index is 1.60. The van der Waals surface area contributed by atoms with Crippen LogP contribution >= 0.6 is 23.2 Å². The molecule has 12 heteroatoms. The number of hydrogen-bond donors (Lipinski definition) is 1. The van der Waals surface area contributed by atoms with Crippen molar-refractivity contribution in [1.29, 1.82) is 0 Å². The zero-order valence-electron chi connectivity index (χ0n) is 18.4. The van der Waals surface area contributed by atoms with E-state index in [-0.39, 0.29) is 26.9 Å². The fraction of sp³-hybridized carbons (Fsp3) is 0.0417. The Hall–Kier alpha value is -3.86. The maximum absolute atomic E-state index is 13.0. The summed E-state index contributed by atoms with van der Waals surface area (Å²) in [7, 11) is -2.72. The van der Waals surface area contributed by atoms with Crippen molar-refractivity contribution < 1.29 is 31.7 Å². The van der Waals surface area contributed by atoms with E-state index in [1.807, 2.05) is 0 Å². The highest BCUT2D eigenvalue weighted by atomic mass is 35.5. The van der Waals surface area contributed by atoms with E-state index >= 15 is 0 Å².